The molecule has 2 aromatic heterocycles. The molecule has 0 unspecified atom stereocenters. The third-order valence-electron chi connectivity index (χ3n) is 5.16. The zero-order valence-corrected chi connectivity index (χ0v) is 15.1. The average molecular weight is 351 g/mol. The van der Waals surface area contributed by atoms with Crippen molar-refractivity contribution in [1.82, 2.24) is 9.97 Å². The first kappa shape index (κ1) is 15.3. The fourth-order valence-electron chi connectivity index (χ4n) is 3.78. The molecule has 5 nitrogen and oxygen atoms in total. The maximum atomic E-state index is 11.8. The zero-order valence-electron chi connectivity index (χ0n) is 13.4. The van der Waals surface area contributed by atoms with Crippen molar-refractivity contribution in [3.63, 3.8) is 0 Å². The molecule has 1 aliphatic carbocycles. The van der Waals surface area contributed by atoms with Crippen LogP contribution in [-0.2, 0) is 22.7 Å². The summed E-state index contributed by atoms with van der Waals surface area (Å²) in [6, 6.07) is 0.0242. The minimum atomic E-state index is -2.90. The zero-order chi connectivity index (χ0) is 16.2. The van der Waals surface area contributed by atoms with Gasteiger partial charge in [0.2, 0.25) is 0 Å². The van der Waals surface area contributed by atoms with E-state index in [4.69, 9.17) is 0 Å². The second-order valence-electron chi connectivity index (χ2n) is 6.90. The van der Waals surface area contributed by atoms with E-state index in [2.05, 4.69) is 21.8 Å². The van der Waals surface area contributed by atoms with Gasteiger partial charge in [-0.25, -0.2) is 18.4 Å². The summed E-state index contributed by atoms with van der Waals surface area (Å²) in [5.74, 6) is 2.15. The summed E-state index contributed by atoms with van der Waals surface area (Å²) in [6.07, 6.45) is 5.70. The molecular weight excluding hydrogens is 330 g/mol. The molecule has 4 rings (SSSR count). The third-order valence-corrected chi connectivity index (χ3v) is 8.07. The number of hydrogen-bond acceptors (Lipinski definition) is 6. The van der Waals surface area contributed by atoms with Crippen LogP contribution in [0.2, 0.25) is 0 Å². The van der Waals surface area contributed by atoms with Crippen molar-refractivity contribution in [2.75, 3.05) is 23.5 Å². The number of anilines is 1. The van der Waals surface area contributed by atoms with E-state index in [0.29, 0.717) is 6.42 Å². The van der Waals surface area contributed by atoms with Gasteiger partial charge in [-0.3, -0.25) is 0 Å². The van der Waals surface area contributed by atoms with Gasteiger partial charge < -0.3 is 4.90 Å². The van der Waals surface area contributed by atoms with E-state index >= 15 is 0 Å². The van der Waals surface area contributed by atoms with Gasteiger partial charge in [0.05, 0.1) is 16.9 Å². The van der Waals surface area contributed by atoms with Crippen molar-refractivity contribution in [1.29, 1.82) is 0 Å². The molecule has 0 spiro atoms. The molecule has 1 fully saturated rings. The van der Waals surface area contributed by atoms with Crippen molar-refractivity contribution in [3.05, 3.63) is 16.8 Å². The molecule has 0 saturated carbocycles. The Labute approximate surface area is 140 Å². The van der Waals surface area contributed by atoms with Gasteiger partial charge in [0.15, 0.2) is 9.84 Å². The quantitative estimate of drug-likeness (QED) is 0.831. The highest BCUT2D eigenvalue weighted by Gasteiger charge is 2.33. The van der Waals surface area contributed by atoms with Crippen LogP contribution in [0.3, 0.4) is 0 Å². The van der Waals surface area contributed by atoms with E-state index in [1.54, 1.807) is 17.7 Å². The normalized spacial score (nSPS) is 26.3. The van der Waals surface area contributed by atoms with Crippen molar-refractivity contribution >= 4 is 37.2 Å². The van der Waals surface area contributed by atoms with Crippen LogP contribution in [0.25, 0.3) is 10.2 Å². The second-order valence-corrected chi connectivity index (χ2v) is 10.2. The number of aromatic nitrogens is 2. The van der Waals surface area contributed by atoms with E-state index in [-0.39, 0.29) is 17.5 Å². The van der Waals surface area contributed by atoms with Gasteiger partial charge in [-0.05, 0) is 37.2 Å². The lowest BCUT2D eigenvalue weighted by molar-refractivity contribution is 0.509. The minimum absolute atomic E-state index is 0.0242. The van der Waals surface area contributed by atoms with Gasteiger partial charge in [-0.15, -0.1) is 11.3 Å². The average Bonchev–Trinajstić information content (AvgIpc) is 3.05. The topological polar surface area (TPSA) is 63.2 Å². The fourth-order valence-corrected chi connectivity index (χ4v) is 6.90. The van der Waals surface area contributed by atoms with Crippen LogP contribution < -0.4 is 4.90 Å². The summed E-state index contributed by atoms with van der Waals surface area (Å²) in [4.78, 5) is 13.5. The van der Waals surface area contributed by atoms with Crippen LogP contribution in [-0.4, -0.2) is 43.0 Å². The molecule has 0 N–H and O–H groups in total. The van der Waals surface area contributed by atoms with Gasteiger partial charge in [0.1, 0.15) is 17.0 Å². The van der Waals surface area contributed by atoms with Gasteiger partial charge >= 0.3 is 0 Å². The Bertz CT molecular complexity index is 860. The summed E-state index contributed by atoms with van der Waals surface area (Å²) in [7, 11) is -0.920. The molecule has 3 heterocycles. The van der Waals surface area contributed by atoms with Crippen LogP contribution >= 0.6 is 11.3 Å². The molecule has 0 aromatic carbocycles. The van der Waals surface area contributed by atoms with E-state index < -0.39 is 9.84 Å². The Morgan fingerprint density at radius 1 is 1.30 bits per heavy atom. The molecule has 1 saturated heterocycles. The van der Waals surface area contributed by atoms with Crippen molar-refractivity contribution < 1.29 is 8.42 Å². The maximum absolute atomic E-state index is 11.8. The first-order valence-corrected chi connectivity index (χ1v) is 10.8. The molecule has 2 atom stereocenters. The van der Waals surface area contributed by atoms with Gasteiger partial charge in [0.25, 0.3) is 0 Å². The fraction of sp³-hybridized carbons (Fsp3) is 0.625. The highest BCUT2D eigenvalue weighted by molar-refractivity contribution is 7.91. The second kappa shape index (κ2) is 5.41. The van der Waals surface area contributed by atoms with E-state index in [9.17, 15) is 8.42 Å². The van der Waals surface area contributed by atoms with Gasteiger partial charge in [-0.1, -0.05) is 6.92 Å². The van der Waals surface area contributed by atoms with E-state index in [1.165, 1.54) is 16.9 Å². The highest BCUT2D eigenvalue weighted by atomic mass is 32.2. The molecule has 0 bridgehead atoms. The minimum Gasteiger partial charge on any atom is -0.355 e. The largest absolute Gasteiger partial charge is 0.355 e. The maximum Gasteiger partial charge on any atom is 0.152 e. The first-order valence-electron chi connectivity index (χ1n) is 8.13. The Morgan fingerprint density at radius 3 is 2.87 bits per heavy atom. The van der Waals surface area contributed by atoms with Gasteiger partial charge in [0, 0.05) is 18.0 Å². The third kappa shape index (κ3) is 2.63. The molecule has 2 aliphatic rings. The molecule has 2 aromatic rings. The predicted octanol–water partition coefficient (Wildman–Crippen LogP) is 2.44. The lowest BCUT2D eigenvalue weighted by Gasteiger charge is -2.26. The number of sulfone groups is 1. The Hall–Kier alpha value is -1.21. The standard InChI is InChI=1S/C16H21N3O2S2/c1-10-3-4-12-13(7-10)22-16-14(12)15(17-9-18-16)19(2)11-5-6-23(20,21)8-11/h9-11H,3-8H2,1-2H3/t10-,11+/m0/s1. The number of thiophene rings is 1. The van der Waals surface area contributed by atoms with Crippen molar-refractivity contribution in [3.8, 4) is 0 Å². The number of aryl methyl sites for hydroxylation is 1. The van der Waals surface area contributed by atoms with E-state index in [0.717, 1.165) is 34.8 Å². The SMILES string of the molecule is C[C@H]1CCc2c(sc3ncnc(N(C)[C@@H]4CCS(=O)(=O)C4)c23)C1. The monoisotopic (exact) mass is 351 g/mol. The molecule has 124 valence electrons. The van der Waals surface area contributed by atoms with Crippen molar-refractivity contribution in [2.45, 2.75) is 38.6 Å². The summed E-state index contributed by atoms with van der Waals surface area (Å²) in [6.45, 7) is 2.30. The lowest BCUT2D eigenvalue weighted by atomic mass is 9.89. The summed E-state index contributed by atoms with van der Waals surface area (Å²) in [5.41, 5.74) is 1.39. The molecule has 23 heavy (non-hydrogen) atoms. The predicted molar refractivity (Wildman–Crippen MR) is 94.1 cm³/mol. The Morgan fingerprint density at radius 2 is 2.13 bits per heavy atom. The highest BCUT2D eigenvalue weighted by Crippen LogP contribution is 2.41. The summed E-state index contributed by atoms with van der Waals surface area (Å²) >= 11 is 1.78. The number of rotatable bonds is 2. The van der Waals surface area contributed by atoms with Crippen LogP contribution in [0.1, 0.15) is 30.2 Å². The number of fused-ring (bicyclic) bond motifs is 3. The van der Waals surface area contributed by atoms with Crippen LogP contribution in [0.5, 0.6) is 0 Å². The molecule has 7 heteroatoms. The molecule has 1 aliphatic heterocycles. The van der Waals surface area contributed by atoms with E-state index in [1.807, 2.05) is 7.05 Å². The number of nitrogens with zero attached hydrogens (tertiary/aromatic N) is 3. The summed E-state index contributed by atoms with van der Waals surface area (Å²) < 4.78 is 23.6. The lowest BCUT2D eigenvalue weighted by Crippen LogP contribution is -2.33. The summed E-state index contributed by atoms with van der Waals surface area (Å²) in [5, 5.41) is 1.16. The first-order chi connectivity index (χ1) is 10.9. The number of hydrogen-bond donors (Lipinski definition) is 0. The molecule has 0 amide bonds. The molecule has 0 radical (unpaired) electrons. The van der Waals surface area contributed by atoms with Gasteiger partial charge in [-0.2, -0.15) is 0 Å². The van der Waals surface area contributed by atoms with Crippen molar-refractivity contribution in [2.24, 2.45) is 5.92 Å². The Kier molecular flexibility index (Phi) is 3.61. The smallest absolute Gasteiger partial charge is 0.152 e. The molecular formula is C16H21N3O2S2. The van der Waals surface area contributed by atoms with Crippen LogP contribution in [0.15, 0.2) is 6.33 Å². The van der Waals surface area contributed by atoms with Crippen LogP contribution in [0.4, 0.5) is 5.82 Å². The van der Waals surface area contributed by atoms with Crippen LogP contribution in [0, 0.1) is 5.92 Å². The Balaban J connectivity index is 1.78.